The minimum absolute atomic E-state index is 0.192. The summed E-state index contributed by atoms with van der Waals surface area (Å²) in [5.41, 5.74) is 0.258. The summed E-state index contributed by atoms with van der Waals surface area (Å²) in [7, 11) is 0. The number of hydrogen-bond acceptors (Lipinski definition) is 5. The van der Waals surface area contributed by atoms with E-state index >= 15 is 0 Å². The van der Waals surface area contributed by atoms with E-state index in [1.54, 1.807) is 19.1 Å². The van der Waals surface area contributed by atoms with Crippen LogP contribution in [-0.2, 0) is 9.53 Å². The van der Waals surface area contributed by atoms with E-state index in [4.69, 9.17) is 4.74 Å². The van der Waals surface area contributed by atoms with Crippen LogP contribution in [0.5, 0.6) is 0 Å². The number of amides is 2. The first kappa shape index (κ1) is 18.9. The number of hydrogen-bond donors (Lipinski definition) is 1. The van der Waals surface area contributed by atoms with E-state index in [-0.39, 0.29) is 34.3 Å². The van der Waals surface area contributed by atoms with Gasteiger partial charge in [-0.2, -0.15) is 0 Å². The Hall–Kier alpha value is -2.41. The third-order valence-corrected chi connectivity index (χ3v) is 4.50. The Morgan fingerprint density at radius 1 is 1.40 bits per heavy atom. The molecular weight excluding hydrogens is 345 g/mol. The monoisotopic (exact) mass is 363 g/mol. The third kappa shape index (κ3) is 5.86. The predicted molar refractivity (Wildman–Crippen MR) is 93.7 cm³/mol. The van der Waals surface area contributed by atoms with Crippen molar-refractivity contribution in [3.8, 4) is 0 Å². The van der Waals surface area contributed by atoms with E-state index in [1.165, 1.54) is 24.3 Å². The molecule has 1 unspecified atom stereocenters. The van der Waals surface area contributed by atoms with Crippen molar-refractivity contribution in [3.63, 3.8) is 0 Å². The number of benzene rings is 1. The van der Waals surface area contributed by atoms with Crippen LogP contribution in [0, 0.1) is 5.82 Å². The molecule has 1 N–H and O–H groups in total. The summed E-state index contributed by atoms with van der Waals surface area (Å²) in [4.78, 5) is 34.5. The Labute approximate surface area is 149 Å². The van der Waals surface area contributed by atoms with Gasteiger partial charge in [0.15, 0.2) is 12.4 Å². The van der Waals surface area contributed by atoms with Crippen LogP contribution in [-0.4, -0.2) is 28.8 Å². The van der Waals surface area contributed by atoms with Crippen LogP contribution >= 0.6 is 11.8 Å². The van der Waals surface area contributed by atoms with Gasteiger partial charge < -0.3 is 4.74 Å². The van der Waals surface area contributed by atoms with E-state index in [0.29, 0.717) is 18.6 Å². The van der Waals surface area contributed by atoms with Crippen molar-refractivity contribution in [1.82, 2.24) is 5.32 Å². The van der Waals surface area contributed by atoms with Crippen molar-refractivity contribution in [3.05, 3.63) is 59.6 Å². The van der Waals surface area contributed by atoms with E-state index in [0.717, 1.165) is 11.8 Å². The first-order valence-corrected chi connectivity index (χ1v) is 8.63. The standard InChI is InChI=1S/C18H18FNO4S/c1-2-14(8-3-4-9-16-17(22)20-18(23)25-16)24-11-15(21)12-6-5-7-13(19)10-12/h2-3,5-8,10,16H,4,9,11H2,1H3,(H,20,22,23)/b8-3-,14-2+. The SMILES string of the molecule is C/C=C(\C=C/CCC1SC(=O)NC1=O)OCC(=O)c1cccc(F)c1. The number of carbonyl (C=O) groups is 3. The molecule has 25 heavy (non-hydrogen) atoms. The highest BCUT2D eigenvalue weighted by Crippen LogP contribution is 2.23. The number of allylic oxidation sites excluding steroid dienone is 3. The number of halogens is 1. The molecule has 1 aromatic rings. The molecule has 1 fully saturated rings. The van der Waals surface area contributed by atoms with Crippen molar-refractivity contribution in [2.75, 3.05) is 6.61 Å². The lowest BCUT2D eigenvalue weighted by atomic mass is 10.1. The summed E-state index contributed by atoms with van der Waals surface area (Å²) in [6.07, 6.45) is 6.36. The average Bonchev–Trinajstić information content (AvgIpc) is 2.91. The highest BCUT2D eigenvalue weighted by molar-refractivity contribution is 8.15. The van der Waals surface area contributed by atoms with Crippen molar-refractivity contribution in [2.45, 2.75) is 25.0 Å². The number of Topliss-reactive ketones (excluding diaryl/α,β-unsaturated/α-hetero) is 1. The Kier molecular flexibility index (Phi) is 6.94. The Bertz CT molecular complexity index is 730. The van der Waals surface area contributed by atoms with Crippen LogP contribution in [0.25, 0.3) is 0 Å². The van der Waals surface area contributed by atoms with Gasteiger partial charge in [0.1, 0.15) is 11.6 Å². The summed E-state index contributed by atoms with van der Waals surface area (Å²) >= 11 is 0.997. The molecule has 5 nitrogen and oxygen atoms in total. The normalized spacial score (nSPS) is 17.8. The number of nitrogens with one attached hydrogen (secondary N) is 1. The second-order valence-electron chi connectivity index (χ2n) is 5.28. The second-order valence-corrected chi connectivity index (χ2v) is 6.45. The second kappa shape index (κ2) is 9.17. The van der Waals surface area contributed by atoms with Crippen LogP contribution in [0.3, 0.4) is 0 Å². The molecule has 1 aliphatic heterocycles. The molecule has 1 aromatic carbocycles. The van der Waals surface area contributed by atoms with Gasteiger partial charge in [-0.15, -0.1) is 0 Å². The first-order valence-electron chi connectivity index (χ1n) is 7.75. The molecule has 0 aliphatic carbocycles. The molecule has 1 aliphatic rings. The zero-order valence-electron chi connectivity index (χ0n) is 13.7. The van der Waals surface area contributed by atoms with Crippen molar-refractivity contribution >= 4 is 28.7 Å². The fourth-order valence-corrected chi connectivity index (χ4v) is 2.99. The predicted octanol–water partition coefficient (Wildman–Crippen LogP) is 3.62. The maximum absolute atomic E-state index is 13.1. The minimum atomic E-state index is -0.468. The quantitative estimate of drug-likeness (QED) is 0.434. The van der Waals surface area contributed by atoms with Gasteiger partial charge in [0.2, 0.25) is 5.91 Å². The molecule has 1 saturated heterocycles. The van der Waals surface area contributed by atoms with Gasteiger partial charge in [-0.25, -0.2) is 4.39 Å². The highest BCUT2D eigenvalue weighted by Gasteiger charge is 2.30. The Balaban J connectivity index is 1.77. The molecule has 0 aromatic heterocycles. The van der Waals surface area contributed by atoms with Crippen LogP contribution in [0.2, 0.25) is 0 Å². The van der Waals surface area contributed by atoms with Gasteiger partial charge in [0.25, 0.3) is 5.24 Å². The van der Waals surface area contributed by atoms with Crippen LogP contribution in [0.4, 0.5) is 9.18 Å². The van der Waals surface area contributed by atoms with E-state index < -0.39 is 5.82 Å². The summed E-state index contributed by atoms with van der Waals surface area (Å²) in [5, 5.41) is 1.57. The number of imide groups is 1. The maximum Gasteiger partial charge on any atom is 0.286 e. The molecule has 2 rings (SSSR count). The number of ether oxygens (including phenoxy) is 1. The lowest BCUT2D eigenvalue weighted by Gasteiger charge is -2.06. The third-order valence-electron chi connectivity index (χ3n) is 3.45. The van der Waals surface area contributed by atoms with Crippen molar-refractivity contribution in [1.29, 1.82) is 0 Å². The van der Waals surface area contributed by atoms with E-state index in [2.05, 4.69) is 5.32 Å². The smallest absolute Gasteiger partial charge is 0.286 e. The van der Waals surface area contributed by atoms with Gasteiger partial charge in [-0.05, 0) is 44.1 Å². The molecule has 0 bridgehead atoms. The molecule has 132 valence electrons. The van der Waals surface area contributed by atoms with Gasteiger partial charge in [-0.3, -0.25) is 19.7 Å². The fraction of sp³-hybridized carbons (Fsp3) is 0.278. The van der Waals surface area contributed by atoms with Crippen molar-refractivity contribution in [2.24, 2.45) is 0 Å². The summed E-state index contributed by atoms with van der Waals surface area (Å²) in [6, 6.07) is 5.45. The minimum Gasteiger partial charge on any atom is -0.486 e. The molecule has 7 heteroatoms. The lowest BCUT2D eigenvalue weighted by molar-refractivity contribution is -0.119. The van der Waals surface area contributed by atoms with Crippen molar-refractivity contribution < 1.29 is 23.5 Å². The Morgan fingerprint density at radius 2 is 2.20 bits per heavy atom. The Morgan fingerprint density at radius 3 is 2.84 bits per heavy atom. The highest BCUT2D eigenvalue weighted by atomic mass is 32.2. The number of ketones is 1. The molecule has 0 saturated carbocycles. The van der Waals surface area contributed by atoms with Gasteiger partial charge in [0, 0.05) is 5.56 Å². The average molecular weight is 363 g/mol. The molecule has 1 atom stereocenters. The van der Waals surface area contributed by atoms with Crippen LogP contribution in [0.15, 0.2) is 48.3 Å². The van der Waals surface area contributed by atoms with Crippen LogP contribution in [0.1, 0.15) is 30.1 Å². The fourth-order valence-electron chi connectivity index (χ4n) is 2.15. The van der Waals surface area contributed by atoms with Crippen LogP contribution < -0.4 is 5.32 Å². The molecule has 1 heterocycles. The van der Waals surface area contributed by atoms with E-state index in [9.17, 15) is 18.8 Å². The first-order chi connectivity index (χ1) is 12.0. The van der Waals surface area contributed by atoms with Gasteiger partial charge >= 0.3 is 0 Å². The van der Waals surface area contributed by atoms with E-state index in [1.807, 2.05) is 6.08 Å². The molecule has 0 radical (unpaired) electrons. The number of thioether (sulfide) groups is 1. The summed E-state index contributed by atoms with van der Waals surface area (Å²) < 4.78 is 18.5. The summed E-state index contributed by atoms with van der Waals surface area (Å²) in [5.74, 6) is -0.537. The number of carbonyl (C=O) groups excluding carboxylic acids is 3. The zero-order chi connectivity index (χ0) is 18.2. The summed E-state index contributed by atoms with van der Waals surface area (Å²) in [6.45, 7) is 1.58. The topological polar surface area (TPSA) is 72.5 Å². The molecular formula is C18H18FNO4S. The lowest BCUT2D eigenvalue weighted by Crippen LogP contribution is -2.23. The molecule has 0 spiro atoms. The maximum atomic E-state index is 13.1. The number of rotatable bonds is 8. The van der Waals surface area contributed by atoms with Gasteiger partial charge in [-0.1, -0.05) is 30.0 Å². The largest absolute Gasteiger partial charge is 0.486 e. The van der Waals surface area contributed by atoms with Gasteiger partial charge in [0.05, 0.1) is 5.25 Å². The molecule has 2 amide bonds. The zero-order valence-corrected chi connectivity index (χ0v) is 14.5.